The van der Waals surface area contributed by atoms with Crippen molar-refractivity contribution in [2.24, 2.45) is 0 Å². The molecule has 3 rings (SSSR count). The second kappa shape index (κ2) is 8.11. The van der Waals surface area contributed by atoms with Gasteiger partial charge in [-0.1, -0.05) is 48.0 Å². The van der Waals surface area contributed by atoms with E-state index in [2.05, 4.69) is 5.32 Å². The van der Waals surface area contributed by atoms with Gasteiger partial charge in [0.15, 0.2) is 0 Å². The summed E-state index contributed by atoms with van der Waals surface area (Å²) in [5, 5.41) is 3.72. The number of benzene rings is 3. The Labute approximate surface area is 151 Å². The largest absolute Gasteiger partial charge is 0.449 e. The highest BCUT2D eigenvalue weighted by Crippen LogP contribution is 2.48. The molecule has 1 N–H and O–H groups in total. The standard InChI is InChI=1S/C19H17ClNO3P/c20-16-11-13-17(14-12-16)21-15-25(22,23-18-7-3-1-4-8-18)24-19-9-5-2-6-10-19/h1-14,21H,15H2. The number of para-hydroxylation sites is 2. The summed E-state index contributed by atoms with van der Waals surface area (Å²) >= 11 is 5.88. The van der Waals surface area contributed by atoms with E-state index in [4.69, 9.17) is 20.6 Å². The summed E-state index contributed by atoms with van der Waals surface area (Å²) in [5.74, 6) is 0.972. The Morgan fingerprint density at radius 1 is 0.760 bits per heavy atom. The average Bonchev–Trinajstić information content (AvgIpc) is 2.63. The van der Waals surface area contributed by atoms with Gasteiger partial charge in [0.05, 0.1) is 0 Å². The van der Waals surface area contributed by atoms with Gasteiger partial charge in [-0.2, -0.15) is 0 Å². The maximum absolute atomic E-state index is 13.3. The Hall–Kier alpha value is -2.42. The lowest BCUT2D eigenvalue weighted by Crippen LogP contribution is -2.11. The molecule has 0 aliphatic heterocycles. The molecule has 3 aromatic carbocycles. The Bertz CT molecular complexity index is 796. The Morgan fingerprint density at radius 3 is 1.72 bits per heavy atom. The molecule has 0 saturated carbocycles. The minimum absolute atomic E-state index is 0.0123. The van der Waals surface area contributed by atoms with Gasteiger partial charge in [-0.25, -0.2) is 4.57 Å². The number of hydrogen-bond donors (Lipinski definition) is 1. The Morgan fingerprint density at radius 2 is 1.24 bits per heavy atom. The minimum atomic E-state index is -3.48. The molecule has 0 fully saturated rings. The SMILES string of the molecule is O=P(CNc1ccc(Cl)cc1)(Oc1ccccc1)Oc1ccccc1. The van der Waals surface area contributed by atoms with Crippen LogP contribution in [-0.2, 0) is 4.57 Å². The first-order valence-corrected chi connectivity index (χ1v) is 9.81. The van der Waals surface area contributed by atoms with Crippen LogP contribution in [0.2, 0.25) is 5.02 Å². The first kappa shape index (κ1) is 17.4. The molecule has 0 unspecified atom stereocenters. The van der Waals surface area contributed by atoms with Crippen molar-refractivity contribution in [2.75, 3.05) is 11.6 Å². The molecule has 0 atom stereocenters. The molecule has 0 bridgehead atoms. The molecule has 25 heavy (non-hydrogen) atoms. The zero-order valence-corrected chi connectivity index (χ0v) is 15.0. The molecule has 0 aliphatic carbocycles. The molecule has 0 heterocycles. The van der Waals surface area contributed by atoms with Crippen molar-refractivity contribution in [3.05, 3.63) is 90.0 Å². The predicted octanol–water partition coefficient (Wildman–Crippen LogP) is 6.06. The van der Waals surface area contributed by atoms with E-state index in [0.29, 0.717) is 16.5 Å². The van der Waals surface area contributed by atoms with Crippen molar-refractivity contribution in [2.45, 2.75) is 0 Å². The Kier molecular flexibility index (Phi) is 5.64. The van der Waals surface area contributed by atoms with E-state index in [1.165, 1.54) is 0 Å². The van der Waals surface area contributed by atoms with Gasteiger partial charge in [0.2, 0.25) is 0 Å². The van der Waals surface area contributed by atoms with Crippen LogP contribution >= 0.6 is 19.2 Å². The molecule has 4 nitrogen and oxygen atoms in total. The summed E-state index contributed by atoms with van der Waals surface area (Å²) in [4.78, 5) is 0. The molecule has 0 spiro atoms. The molecule has 0 saturated heterocycles. The molecule has 0 aliphatic rings. The fraction of sp³-hybridized carbons (Fsp3) is 0.0526. The maximum Gasteiger partial charge on any atom is 0.449 e. The van der Waals surface area contributed by atoms with E-state index in [-0.39, 0.29) is 6.29 Å². The summed E-state index contributed by atoms with van der Waals surface area (Å²) in [5.41, 5.74) is 0.776. The van der Waals surface area contributed by atoms with Gasteiger partial charge < -0.3 is 14.4 Å². The third-order valence-corrected chi connectivity index (χ3v) is 5.07. The van der Waals surface area contributed by atoms with Gasteiger partial charge in [0, 0.05) is 10.7 Å². The zero-order chi connectivity index (χ0) is 17.5. The summed E-state index contributed by atoms with van der Waals surface area (Å²) in [6.45, 7) is 0. The zero-order valence-electron chi connectivity index (χ0n) is 13.3. The number of hydrogen-bond acceptors (Lipinski definition) is 4. The molecule has 6 heteroatoms. The fourth-order valence-corrected chi connectivity index (χ4v) is 3.68. The van der Waals surface area contributed by atoms with Crippen molar-refractivity contribution in [1.82, 2.24) is 0 Å². The number of halogens is 1. The highest BCUT2D eigenvalue weighted by atomic mass is 35.5. The lowest BCUT2D eigenvalue weighted by molar-refractivity contribution is 0.388. The van der Waals surface area contributed by atoms with E-state index in [0.717, 1.165) is 5.69 Å². The predicted molar refractivity (Wildman–Crippen MR) is 102 cm³/mol. The molecular formula is C19H17ClNO3P. The first-order chi connectivity index (χ1) is 12.1. The van der Waals surface area contributed by atoms with E-state index < -0.39 is 7.60 Å². The Balaban J connectivity index is 1.77. The van der Waals surface area contributed by atoms with Crippen LogP contribution in [0.25, 0.3) is 0 Å². The quantitative estimate of drug-likeness (QED) is 0.511. The first-order valence-electron chi connectivity index (χ1n) is 7.71. The average molecular weight is 374 g/mol. The van der Waals surface area contributed by atoms with Gasteiger partial charge in [-0.3, -0.25) is 0 Å². The van der Waals surface area contributed by atoms with E-state index in [9.17, 15) is 4.57 Å². The van der Waals surface area contributed by atoms with Gasteiger partial charge in [0.25, 0.3) is 0 Å². The van der Waals surface area contributed by atoms with Gasteiger partial charge in [-0.05, 0) is 48.5 Å². The third-order valence-electron chi connectivity index (χ3n) is 3.30. The lowest BCUT2D eigenvalue weighted by Gasteiger charge is -2.21. The second-order valence-electron chi connectivity index (χ2n) is 5.26. The van der Waals surface area contributed by atoms with Gasteiger partial charge in [-0.15, -0.1) is 0 Å². The maximum atomic E-state index is 13.3. The lowest BCUT2D eigenvalue weighted by atomic mass is 10.3. The topological polar surface area (TPSA) is 47.6 Å². The summed E-state index contributed by atoms with van der Waals surface area (Å²) in [6.07, 6.45) is 0.0123. The monoisotopic (exact) mass is 373 g/mol. The van der Waals surface area contributed by atoms with Crippen molar-refractivity contribution in [3.8, 4) is 11.5 Å². The van der Waals surface area contributed by atoms with Gasteiger partial charge >= 0.3 is 7.60 Å². The highest BCUT2D eigenvalue weighted by Gasteiger charge is 2.28. The van der Waals surface area contributed by atoms with Crippen LogP contribution in [-0.4, -0.2) is 6.29 Å². The van der Waals surface area contributed by atoms with Crippen molar-refractivity contribution >= 4 is 24.9 Å². The molecule has 128 valence electrons. The van der Waals surface area contributed by atoms with Crippen LogP contribution in [0.4, 0.5) is 5.69 Å². The van der Waals surface area contributed by atoms with E-state index in [1.54, 1.807) is 48.5 Å². The third kappa shape index (κ3) is 5.28. The van der Waals surface area contributed by atoms with Crippen LogP contribution < -0.4 is 14.4 Å². The van der Waals surface area contributed by atoms with E-state index >= 15 is 0 Å². The summed E-state index contributed by atoms with van der Waals surface area (Å²) < 4.78 is 24.7. The number of rotatable bonds is 7. The normalized spacial score (nSPS) is 10.9. The van der Waals surface area contributed by atoms with Crippen LogP contribution in [0.15, 0.2) is 84.9 Å². The van der Waals surface area contributed by atoms with Gasteiger partial charge in [0.1, 0.15) is 17.8 Å². The van der Waals surface area contributed by atoms with Crippen LogP contribution in [0.5, 0.6) is 11.5 Å². The molecular weight excluding hydrogens is 357 g/mol. The number of nitrogens with one attached hydrogen (secondary N) is 1. The summed E-state index contributed by atoms with van der Waals surface area (Å²) in [6, 6.07) is 25.1. The molecule has 0 aromatic heterocycles. The summed E-state index contributed by atoms with van der Waals surface area (Å²) in [7, 11) is -3.48. The molecule has 0 amide bonds. The van der Waals surface area contributed by atoms with Crippen LogP contribution in [0.3, 0.4) is 0 Å². The van der Waals surface area contributed by atoms with E-state index in [1.807, 2.05) is 36.4 Å². The van der Waals surface area contributed by atoms with Crippen LogP contribution in [0, 0.1) is 0 Å². The molecule has 3 aromatic rings. The van der Waals surface area contributed by atoms with Crippen molar-refractivity contribution in [3.63, 3.8) is 0 Å². The number of anilines is 1. The van der Waals surface area contributed by atoms with Crippen molar-refractivity contribution in [1.29, 1.82) is 0 Å². The highest BCUT2D eigenvalue weighted by molar-refractivity contribution is 7.54. The van der Waals surface area contributed by atoms with Crippen molar-refractivity contribution < 1.29 is 13.6 Å². The second-order valence-corrected chi connectivity index (χ2v) is 7.60. The fourth-order valence-electron chi connectivity index (χ4n) is 2.12. The van der Waals surface area contributed by atoms with Crippen LogP contribution in [0.1, 0.15) is 0 Å². The minimum Gasteiger partial charge on any atom is -0.415 e. The molecule has 0 radical (unpaired) electrons. The smallest absolute Gasteiger partial charge is 0.415 e.